The minimum Gasteiger partial charge on any atom is -0.399 e. The third kappa shape index (κ3) is 1.67. The lowest BCUT2D eigenvalue weighted by Gasteiger charge is -2.23. The summed E-state index contributed by atoms with van der Waals surface area (Å²) in [4.78, 5) is 0. The third-order valence-corrected chi connectivity index (χ3v) is 2.49. The number of nitrogen functional groups attached to an aromatic ring is 1. The quantitative estimate of drug-likeness (QED) is 0.701. The van der Waals surface area contributed by atoms with Gasteiger partial charge in [0.2, 0.25) is 0 Å². The summed E-state index contributed by atoms with van der Waals surface area (Å²) in [5.74, 6) is -0.833. The molecule has 0 radical (unpaired) electrons. The monoisotopic (exact) mass is 204 g/mol. The molecule has 2 rings (SSSR count). The fourth-order valence-corrected chi connectivity index (χ4v) is 1.71. The van der Waals surface area contributed by atoms with Gasteiger partial charge in [0, 0.05) is 11.3 Å². The summed E-state index contributed by atoms with van der Waals surface area (Å²) < 4.78 is 11.0. The molecule has 15 heavy (non-hydrogen) atoms. The second-order valence-electron chi connectivity index (χ2n) is 3.56. The predicted molar refractivity (Wildman–Crippen MR) is 54.8 cm³/mol. The van der Waals surface area contributed by atoms with Crippen LogP contribution >= 0.6 is 0 Å². The lowest BCUT2D eigenvalue weighted by atomic mass is 10.0. The van der Waals surface area contributed by atoms with Crippen LogP contribution in [0.5, 0.6) is 0 Å². The first kappa shape index (κ1) is 9.97. The highest BCUT2D eigenvalue weighted by molar-refractivity contribution is 5.50. The normalized spacial score (nSPS) is 18.7. The Morgan fingerprint density at radius 1 is 1.40 bits per heavy atom. The van der Waals surface area contributed by atoms with E-state index in [9.17, 15) is 0 Å². The van der Waals surface area contributed by atoms with Crippen LogP contribution in [0.2, 0.25) is 0 Å². The minimum absolute atomic E-state index is 0.536. The number of rotatable bonds is 1. The van der Waals surface area contributed by atoms with Crippen molar-refractivity contribution in [2.24, 2.45) is 0 Å². The summed E-state index contributed by atoms with van der Waals surface area (Å²) in [6, 6.07) is 7.21. The molecule has 0 spiro atoms. The third-order valence-electron chi connectivity index (χ3n) is 2.49. The Kier molecular flexibility index (Phi) is 2.35. The Bertz CT molecular complexity index is 417. The molecule has 2 N–H and O–H groups in total. The van der Waals surface area contributed by atoms with E-state index < -0.39 is 5.79 Å². The van der Waals surface area contributed by atoms with Crippen molar-refractivity contribution in [3.05, 3.63) is 29.3 Å². The van der Waals surface area contributed by atoms with Crippen LogP contribution in [0.1, 0.15) is 18.1 Å². The van der Waals surface area contributed by atoms with E-state index in [1.165, 1.54) is 0 Å². The van der Waals surface area contributed by atoms with E-state index in [2.05, 4.69) is 6.07 Å². The molecule has 1 aliphatic heterocycles. The van der Waals surface area contributed by atoms with Crippen LogP contribution in [0.3, 0.4) is 0 Å². The van der Waals surface area contributed by atoms with E-state index in [4.69, 9.17) is 20.5 Å². The Hall–Kier alpha value is -1.57. The molecule has 1 fully saturated rings. The molecule has 1 aromatic carbocycles. The molecule has 78 valence electrons. The minimum atomic E-state index is -0.833. The van der Waals surface area contributed by atoms with Gasteiger partial charge in [-0.25, -0.2) is 0 Å². The maximum atomic E-state index is 8.98. The summed E-state index contributed by atoms with van der Waals surface area (Å²) in [6.45, 7) is 2.88. The van der Waals surface area contributed by atoms with Crippen molar-refractivity contribution in [2.75, 3.05) is 18.9 Å². The van der Waals surface area contributed by atoms with Gasteiger partial charge in [0.25, 0.3) is 0 Å². The van der Waals surface area contributed by atoms with Crippen molar-refractivity contribution in [2.45, 2.75) is 12.7 Å². The fraction of sp³-hybridized carbons (Fsp3) is 0.364. The summed E-state index contributed by atoms with van der Waals surface area (Å²) in [7, 11) is 0. The molecule has 4 nitrogen and oxygen atoms in total. The molecule has 0 aliphatic carbocycles. The van der Waals surface area contributed by atoms with Gasteiger partial charge in [-0.1, -0.05) is 0 Å². The topological polar surface area (TPSA) is 68.3 Å². The molecule has 0 amide bonds. The molecule has 0 saturated carbocycles. The van der Waals surface area contributed by atoms with Gasteiger partial charge in [0.1, 0.15) is 0 Å². The van der Waals surface area contributed by atoms with E-state index in [1.54, 1.807) is 25.1 Å². The molecular weight excluding hydrogens is 192 g/mol. The number of ether oxygens (including phenoxy) is 2. The Morgan fingerprint density at radius 2 is 2.07 bits per heavy atom. The molecule has 1 aliphatic rings. The lowest BCUT2D eigenvalue weighted by molar-refractivity contribution is -0.149. The summed E-state index contributed by atoms with van der Waals surface area (Å²) in [6.07, 6.45) is 0. The molecule has 0 atom stereocenters. The van der Waals surface area contributed by atoms with Crippen molar-refractivity contribution >= 4 is 5.69 Å². The Morgan fingerprint density at radius 3 is 2.67 bits per heavy atom. The summed E-state index contributed by atoms with van der Waals surface area (Å²) >= 11 is 0. The maximum absolute atomic E-state index is 8.98. The molecule has 1 aromatic rings. The average molecular weight is 204 g/mol. The van der Waals surface area contributed by atoms with Crippen LogP contribution in [0.15, 0.2) is 18.2 Å². The van der Waals surface area contributed by atoms with Crippen LogP contribution in [0.4, 0.5) is 5.69 Å². The first-order valence-corrected chi connectivity index (χ1v) is 4.74. The maximum Gasteiger partial charge on any atom is 0.193 e. The molecule has 0 aromatic heterocycles. The van der Waals surface area contributed by atoms with Crippen LogP contribution in [0, 0.1) is 11.3 Å². The Labute approximate surface area is 88.2 Å². The highest BCUT2D eigenvalue weighted by Gasteiger charge is 2.35. The zero-order valence-corrected chi connectivity index (χ0v) is 8.49. The van der Waals surface area contributed by atoms with Crippen LogP contribution in [-0.4, -0.2) is 13.2 Å². The molecule has 1 heterocycles. The van der Waals surface area contributed by atoms with E-state index in [-0.39, 0.29) is 0 Å². The number of hydrogen-bond acceptors (Lipinski definition) is 4. The number of nitrogens with zero attached hydrogens (tertiary/aromatic N) is 1. The Balaban J connectivity index is 2.50. The van der Waals surface area contributed by atoms with E-state index in [0.29, 0.717) is 30.0 Å². The standard InChI is InChI=1S/C11H12N2O2/c1-11(14-4-5-15-11)10-6-9(13)3-2-8(10)7-12/h2-3,6H,4-5,13H2,1H3. The number of nitriles is 1. The van der Waals surface area contributed by atoms with Gasteiger partial charge in [0.05, 0.1) is 24.8 Å². The second-order valence-corrected chi connectivity index (χ2v) is 3.56. The van der Waals surface area contributed by atoms with Gasteiger partial charge in [0.15, 0.2) is 5.79 Å². The van der Waals surface area contributed by atoms with Gasteiger partial charge in [-0.15, -0.1) is 0 Å². The van der Waals surface area contributed by atoms with Crippen LogP contribution < -0.4 is 5.73 Å². The van der Waals surface area contributed by atoms with E-state index in [1.807, 2.05) is 0 Å². The zero-order chi connectivity index (χ0) is 10.9. The van der Waals surface area contributed by atoms with Gasteiger partial charge in [-0.05, 0) is 25.1 Å². The van der Waals surface area contributed by atoms with Gasteiger partial charge in [-0.2, -0.15) is 5.26 Å². The molecule has 4 heteroatoms. The van der Waals surface area contributed by atoms with Crippen molar-refractivity contribution in [3.63, 3.8) is 0 Å². The predicted octanol–water partition coefficient (Wildman–Crippen LogP) is 1.36. The smallest absolute Gasteiger partial charge is 0.193 e. The lowest BCUT2D eigenvalue weighted by Crippen LogP contribution is -2.23. The van der Waals surface area contributed by atoms with E-state index in [0.717, 1.165) is 0 Å². The SMILES string of the molecule is CC1(c2cc(N)ccc2C#N)OCCO1. The number of benzene rings is 1. The van der Waals surface area contributed by atoms with Gasteiger partial charge in [-0.3, -0.25) is 0 Å². The summed E-state index contributed by atoms with van der Waals surface area (Å²) in [5.41, 5.74) is 7.52. The first-order chi connectivity index (χ1) is 7.15. The van der Waals surface area contributed by atoms with Crippen molar-refractivity contribution in [1.29, 1.82) is 5.26 Å². The van der Waals surface area contributed by atoms with Crippen molar-refractivity contribution < 1.29 is 9.47 Å². The average Bonchev–Trinajstić information content (AvgIpc) is 2.66. The first-order valence-electron chi connectivity index (χ1n) is 4.74. The molecule has 1 saturated heterocycles. The summed E-state index contributed by atoms with van der Waals surface area (Å²) in [5, 5.41) is 8.98. The van der Waals surface area contributed by atoms with Gasteiger partial charge >= 0.3 is 0 Å². The van der Waals surface area contributed by atoms with Crippen LogP contribution in [0.25, 0.3) is 0 Å². The number of anilines is 1. The van der Waals surface area contributed by atoms with Gasteiger partial charge < -0.3 is 15.2 Å². The largest absolute Gasteiger partial charge is 0.399 e. The zero-order valence-electron chi connectivity index (χ0n) is 8.49. The number of nitrogens with two attached hydrogens (primary N) is 1. The van der Waals surface area contributed by atoms with Crippen molar-refractivity contribution in [1.82, 2.24) is 0 Å². The molecular formula is C11H12N2O2. The molecule has 0 bridgehead atoms. The highest BCUT2D eigenvalue weighted by Crippen LogP contribution is 2.33. The number of hydrogen-bond donors (Lipinski definition) is 1. The second kappa shape index (κ2) is 3.54. The fourth-order valence-electron chi connectivity index (χ4n) is 1.71. The molecule has 0 unspecified atom stereocenters. The van der Waals surface area contributed by atoms with Crippen LogP contribution in [-0.2, 0) is 15.3 Å². The van der Waals surface area contributed by atoms with E-state index >= 15 is 0 Å². The van der Waals surface area contributed by atoms with Crippen molar-refractivity contribution in [3.8, 4) is 6.07 Å². The highest BCUT2D eigenvalue weighted by atomic mass is 16.7.